The zero-order chi connectivity index (χ0) is 15.4. The summed E-state index contributed by atoms with van der Waals surface area (Å²) in [5.41, 5.74) is 1.18. The molecule has 0 aromatic carbocycles. The van der Waals surface area contributed by atoms with Crippen molar-refractivity contribution in [3.63, 3.8) is 0 Å². The smallest absolute Gasteiger partial charge is 0.251 e. The minimum absolute atomic E-state index is 0.0446. The average molecular weight is 291 g/mol. The lowest BCUT2D eigenvalue weighted by atomic mass is 10.0. The van der Waals surface area contributed by atoms with Crippen LogP contribution in [-0.2, 0) is 4.79 Å². The zero-order valence-corrected chi connectivity index (χ0v) is 13.1. The Bertz CT molecular complexity index is 456. The second-order valence-electron chi connectivity index (χ2n) is 6.06. The predicted octanol–water partition coefficient (Wildman–Crippen LogP) is 1.53. The topological polar surface area (TPSA) is 56.7 Å². The Kier molecular flexibility index (Phi) is 5.17. The van der Waals surface area contributed by atoms with Crippen molar-refractivity contribution in [1.29, 1.82) is 0 Å². The summed E-state index contributed by atoms with van der Waals surface area (Å²) in [4.78, 5) is 20.3. The van der Waals surface area contributed by atoms with Crippen LogP contribution in [0, 0.1) is 5.92 Å². The van der Waals surface area contributed by atoms with Crippen LogP contribution in [0.5, 0.6) is 0 Å². The van der Waals surface area contributed by atoms with E-state index in [9.17, 15) is 9.90 Å². The standard InChI is InChI=1S/C16H25N3O2/c1-12(2)15(20)16(21)18(3)13-6-10-19(11-7-13)14-4-8-17-9-5-14/h4-5,8-9,12-13,15,20H,6-7,10-11H2,1-3H3/t15-/m1/s1. The quantitative estimate of drug-likeness (QED) is 0.914. The molecule has 0 unspecified atom stereocenters. The molecular weight excluding hydrogens is 266 g/mol. The number of aliphatic hydroxyl groups is 1. The molecule has 1 amide bonds. The van der Waals surface area contributed by atoms with Crippen molar-refractivity contribution in [3.05, 3.63) is 24.5 Å². The maximum atomic E-state index is 12.2. The molecule has 2 rings (SSSR count). The van der Waals surface area contributed by atoms with Crippen molar-refractivity contribution in [2.24, 2.45) is 5.92 Å². The molecule has 2 heterocycles. The molecule has 5 nitrogen and oxygen atoms in total. The predicted molar refractivity (Wildman–Crippen MR) is 83.1 cm³/mol. The second-order valence-corrected chi connectivity index (χ2v) is 6.06. The number of aliphatic hydroxyl groups excluding tert-OH is 1. The molecule has 0 bridgehead atoms. The number of piperidine rings is 1. The van der Waals surface area contributed by atoms with Crippen molar-refractivity contribution in [3.8, 4) is 0 Å². The zero-order valence-electron chi connectivity index (χ0n) is 13.1. The van der Waals surface area contributed by atoms with Crippen molar-refractivity contribution in [2.45, 2.75) is 38.8 Å². The van der Waals surface area contributed by atoms with Crippen LogP contribution in [0.1, 0.15) is 26.7 Å². The van der Waals surface area contributed by atoms with E-state index in [2.05, 4.69) is 9.88 Å². The van der Waals surface area contributed by atoms with Crippen LogP contribution in [0.25, 0.3) is 0 Å². The Morgan fingerprint density at radius 3 is 2.43 bits per heavy atom. The van der Waals surface area contributed by atoms with Gasteiger partial charge in [0.25, 0.3) is 5.91 Å². The van der Waals surface area contributed by atoms with Crippen molar-refractivity contribution in [1.82, 2.24) is 9.88 Å². The van der Waals surface area contributed by atoms with Crippen molar-refractivity contribution < 1.29 is 9.90 Å². The first-order chi connectivity index (χ1) is 10.0. The van der Waals surface area contributed by atoms with Crippen LogP contribution in [0.2, 0.25) is 0 Å². The molecule has 21 heavy (non-hydrogen) atoms. The molecule has 1 saturated heterocycles. The molecule has 1 aromatic rings. The highest BCUT2D eigenvalue weighted by molar-refractivity contribution is 5.81. The number of pyridine rings is 1. The molecule has 1 aliphatic heterocycles. The van der Waals surface area contributed by atoms with Gasteiger partial charge in [-0.25, -0.2) is 0 Å². The third-order valence-corrected chi connectivity index (χ3v) is 4.27. The van der Waals surface area contributed by atoms with Gasteiger partial charge in [-0.15, -0.1) is 0 Å². The minimum Gasteiger partial charge on any atom is -0.383 e. The lowest BCUT2D eigenvalue weighted by Crippen LogP contribution is -2.49. The van der Waals surface area contributed by atoms with E-state index in [1.807, 2.05) is 26.0 Å². The van der Waals surface area contributed by atoms with Crippen LogP contribution >= 0.6 is 0 Å². The number of hydrogen-bond donors (Lipinski definition) is 1. The normalized spacial score (nSPS) is 17.9. The molecule has 5 heteroatoms. The third-order valence-electron chi connectivity index (χ3n) is 4.27. The van der Waals surface area contributed by atoms with E-state index < -0.39 is 6.10 Å². The maximum Gasteiger partial charge on any atom is 0.251 e. The molecule has 1 aromatic heterocycles. The molecule has 1 atom stereocenters. The van der Waals surface area contributed by atoms with E-state index >= 15 is 0 Å². The highest BCUT2D eigenvalue weighted by atomic mass is 16.3. The van der Waals surface area contributed by atoms with Gasteiger partial charge in [-0.3, -0.25) is 9.78 Å². The number of anilines is 1. The van der Waals surface area contributed by atoms with Crippen LogP contribution in [-0.4, -0.2) is 53.2 Å². The van der Waals surface area contributed by atoms with Gasteiger partial charge in [-0.05, 0) is 30.9 Å². The molecule has 0 saturated carbocycles. The van der Waals surface area contributed by atoms with Gasteiger partial charge >= 0.3 is 0 Å². The molecule has 1 fully saturated rings. The van der Waals surface area contributed by atoms with E-state index in [4.69, 9.17) is 0 Å². The van der Waals surface area contributed by atoms with Crippen LogP contribution in [0.4, 0.5) is 5.69 Å². The fourth-order valence-electron chi connectivity index (χ4n) is 2.74. The first-order valence-electron chi connectivity index (χ1n) is 7.60. The number of carbonyl (C=O) groups excluding carboxylic acids is 1. The Hall–Kier alpha value is -1.62. The molecule has 0 aliphatic carbocycles. The molecule has 1 N–H and O–H groups in total. The van der Waals surface area contributed by atoms with E-state index in [1.165, 1.54) is 5.69 Å². The van der Waals surface area contributed by atoms with Gasteiger partial charge < -0.3 is 14.9 Å². The lowest BCUT2D eigenvalue weighted by Gasteiger charge is -2.38. The van der Waals surface area contributed by atoms with Gasteiger partial charge in [-0.1, -0.05) is 13.8 Å². The number of carbonyl (C=O) groups is 1. The summed E-state index contributed by atoms with van der Waals surface area (Å²) in [6.45, 7) is 5.57. The number of nitrogens with zero attached hydrogens (tertiary/aromatic N) is 3. The van der Waals surface area contributed by atoms with Gasteiger partial charge in [-0.2, -0.15) is 0 Å². The molecule has 116 valence electrons. The van der Waals surface area contributed by atoms with E-state index in [1.54, 1.807) is 24.3 Å². The number of rotatable bonds is 4. The summed E-state index contributed by atoms with van der Waals surface area (Å²) in [6.07, 6.45) is 4.56. The van der Waals surface area contributed by atoms with Gasteiger partial charge in [0, 0.05) is 44.3 Å². The first-order valence-corrected chi connectivity index (χ1v) is 7.60. The summed E-state index contributed by atoms with van der Waals surface area (Å²) in [5.74, 6) is -0.204. The highest BCUT2D eigenvalue weighted by Crippen LogP contribution is 2.22. The SMILES string of the molecule is CC(C)[C@@H](O)C(=O)N(C)C1CCN(c2ccncc2)CC1. The maximum absolute atomic E-state index is 12.2. The number of likely N-dealkylation sites (N-methyl/N-ethyl adjacent to an activating group) is 1. The monoisotopic (exact) mass is 291 g/mol. The van der Waals surface area contributed by atoms with Gasteiger partial charge in [0.15, 0.2) is 0 Å². The first kappa shape index (κ1) is 15.8. The van der Waals surface area contributed by atoms with Gasteiger partial charge in [0.2, 0.25) is 0 Å². The van der Waals surface area contributed by atoms with Gasteiger partial charge in [0.1, 0.15) is 6.10 Å². The highest BCUT2D eigenvalue weighted by Gasteiger charge is 2.29. The average Bonchev–Trinajstić information content (AvgIpc) is 2.53. The summed E-state index contributed by atoms with van der Waals surface area (Å²) >= 11 is 0. The second kappa shape index (κ2) is 6.89. The number of amides is 1. The van der Waals surface area contributed by atoms with Crippen molar-refractivity contribution >= 4 is 11.6 Å². The Labute approximate surface area is 126 Å². The van der Waals surface area contributed by atoms with E-state index in [0.29, 0.717) is 0 Å². The number of aromatic nitrogens is 1. The summed E-state index contributed by atoms with van der Waals surface area (Å²) in [5, 5.41) is 9.92. The summed E-state index contributed by atoms with van der Waals surface area (Å²) in [7, 11) is 1.81. The van der Waals surface area contributed by atoms with Crippen LogP contribution in [0.15, 0.2) is 24.5 Å². The Morgan fingerprint density at radius 1 is 1.33 bits per heavy atom. The van der Waals surface area contributed by atoms with Gasteiger partial charge in [0.05, 0.1) is 0 Å². The van der Waals surface area contributed by atoms with E-state index in [-0.39, 0.29) is 17.9 Å². The van der Waals surface area contributed by atoms with Crippen molar-refractivity contribution in [2.75, 3.05) is 25.0 Å². The largest absolute Gasteiger partial charge is 0.383 e. The molecular formula is C16H25N3O2. The molecule has 1 aliphatic rings. The van der Waals surface area contributed by atoms with E-state index in [0.717, 1.165) is 25.9 Å². The minimum atomic E-state index is -0.895. The molecule has 0 spiro atoms. The van der Waals surface area contributed by atoms with Crippen LogP contribution in [0.3, 0.4) is 0 Å². The fourth-order valence-corrected chi connectivity index (χ4v) is 2.74. The Morgan fingerprint density at radius 2 is 1.90 bits per heavy atom. The summed E-state index contributed by atoms with van der Waals surface area (Å²) < 4.78 is 0. The Balaban J connectivity index is 1.90. The lowest BCUT2D eigenvalue weighted by molar-refractivity contribution is -0.143. The third kappa shape index (κ3) is 3.73. The molecule has 0 radical (unpaired) electrons. The van der Waals surface area contributed by atoms with Crippen LogP contribution < -0.4 is 4.90 Å². The number of hydrogen-bond acceptors (Lipinski definition) is 4. The summed E-state index contributed by atoms with van der Waals surface area (Å²) in [6, 6.07) is 4.24. The fraction of sp³-hybridized carbons (Fsp3) is 0.625.